The molecule has 4 aromatic rings. The molecule has 2 amide bonds. The maximum absolute atomic E-state index is 12.7. The largest absolute Gasteiger partial charge is 0.354 e. The highest BCUT2D eigenvalue weighted by molar-refractivity contribution is 9.10. The summed E-state index contributed by atoms with van der Waals surface area (Å²) < 4.78 is 0.938. The first-order valence-electron chi connectivity index (χ1n) is 8.87. The molecule has 0 spiro atoms. The Morgan fingerprint density at radius 1 is 0.889 bits per heavy atom. The molecule has 0 unspecified atom stereocenters. The number of aromatic nitrogens is 1. The van der Waals surface area contributed by atoms with Crippen LogP contribution in [0.3, 0.4) is 0 Å². The molecule has 0 fully saturated rings. The molecule has 1 aliphatic carbocycles. The molecule has 0 bridgehead atoms. The van der Waals surface area contributed by atoms with Crippen LogP contribution in [0.15, 0.2) is 46.9 Å². The highest BCUT2D eigenvalue weighted by Gasteiger charge is 2.37. The van der Waals surface area contributed by atoms with Gasteiger partial charge in [-0.3, -0.25) is 14.9 Å². The standard InChI is InChI=1S/C22H13BrN2O2/c23-11-6-8-15-14(9-11)17-19-18(21(26)25-22(19)27)13-7-5-10-3-1-2-4-12(10)16(13)20(17)24-15/h1-4,6,8-9,24H,5,7H2,(H,25,26,27). The van der Waals surface area contributed by atoms with E-state index >= 15 is 0 Å². The van der Waals surface area contributed by atoms with E-state index in [1.807, 2.05) is 30.3 Å². The van der Waals surface area contributed by atoms with Crippen molar-refractivity contribution in [3.63, 3.8) is 0 Å². The second kappa shape index (κ2) is 5.08. The number of aryl methyl sites for hydroxylation is 1. The van der Waals surface area contributed by atoms with Gasteiger partial charge in [0, 0.05) is 26.3 Å². The molecular weight excluding hydrogens is 404 g/mol. The van der Waals surface area contributed by atoms with E-state index in [4.69, 9.17) is 0 Å². The van der Waals surface area contributed by atoms with E-state index in [2.05, 4.69) is 38.4 Å². The van der Waals surface area contributed by atoms with E-state index in [0.29, 0.717) is 11.1 Å². The highest BCUT2D eigenvalue weighted by atomic mass is 79.9. The van der Waals surface area contributed by atoms with Gasteiger partial charge in [-0.05, 0) is 47.7 Å². The molecule has 5 heteroatoms. The van der Waals surface area contributed by atoms with Crippen LogP contribution in [0, 0.1) is 0 Å². The maximum atomic E-state index is 12.7. The summed E-state index contributed by atoms with van der Waals surface area (Å²) in [5.74, 6) is -0.584. The predicted octanol–water partition coefficient (Wildman–Crippen LogP) is 4.73. The van der Waals surface area contributed by atoms with E-state index in [9.17, 15) is 9.59 Å². The Labute approximate surface area is 162 Å². The molecular formula is C22H13BrN2O2. The van der Waals surface area contributed by atoms with Gasteiger partial charge >= 0.3 is 0 Å². The van der Waals surface area contributed by atoms with E-state index < -0.39 is 0 Å². The van der Waals surface area contributed by atoms with Crippen molar-refractivity contribution in [2.75, 3.05) is 0 Å². The summed E-state index contributed by atoms with van der Waals surface area (Å²) in [5, 5.41) is 4.30. The van der Waals surface area contributed by atoms with Gasteiger partial charge in [0.2, 0.25) is 0 Å². The zero-order valence-corrected chi connectivity index (χ0v) is 15.7. The van der Waals surface area contributed by atoms with Gasteiger partial charge in [-0.2, -0.15) is 0 Å². The van der Waals surface area contributed by atoms with Gasteiger partial charge in [0.1, 0.15) is 0 Å². The number of H-pyrrole nitrogens is 1. The van der Waals surface area contributed by atoms with Crippen LogP contribution in [0.5, 0.6) is 0 Å². The quantitative estimate of drug-likeness (QED) is 0.407. The summed E-state index contributed by atoms with van der Waals surface area (Å²) in [5.41, 5.74) is 7.41. The molecule has 27 heavy (non-hydrogen) atoms. The molecule has 2 heterocycles. The fraction of sp³-hybridized carbons (Fsp3) is 0.0909. The van der Waals surface area contributed by atoms with Gasteiger partial charge in [-0.15, -0.1) is 0 Å². The molecule has 6 rings (SSSR count). The molecule has 1 aromatic heterocycles. The summed E-state index contributed by atoms with van der Waals surface area (Å²) in [6, 6.07) is 14.3. The fourth-order valence-electron chi connectivity index (χ4n) is 4.66. The Balaban J connectivity index is 1.91. The van der Waals surface area contributed by atoms with Gasteiger partial charge < -0.3 is 4.98 Å². The van der Waals surface area contributed by atoms with Crippen molar-refractivity contribution < 1.29 is 9.59 Å². The van der Waals surface area contributed by atoms with E-state index in [0.717, 1.165) is 55.8 Å². The summed E-state index contributed by atoms with van der Waals surface area (Å²) in [7, 11) is 0. The Morgan fingerprint density at radius 3 is 2.59 bits per heavy atom. The maximum Gasteiger partial charge on any atom is 0.259 e. The van der Waals surface area contributed by atoms with Gasteiger partial charge in [0.15, 0.2) is 0 Å². The number of carbonyl (C=O) groups is 2. The molecule has 0 atom stereocenters. The Morgan fingerprint density at radius 2 is 1.70 bits per heavy atom. The van der Waals surface area contributed by atoms with Crippen molar-refractivity contribution in [3.8, 4) is 11.1 Å². The Kier molecular flexibility index (Phi) is 2.85. The van der Waals surface area contributed by atoms with Crippen molar-refractivity contribution in [2.24, 2.45) is 0 Å². The summed E-state index contributed by atoms with van der Waals surface area (Å²) >= 11 is 3.53. The van der Waals surface area contributed by atoms with Crippen molar-refractivity contribution >= 4 is 49.6 Å². The zero-order chi connectivity index (χ0) is 18.3. The molecule has 2 N–H and O–H groups in total. The van der Waals surface area contributed by atoms with Gasteiger partial charge in [0.25, 0.3) is 11.8 Å². The third-order valence-corrected chi connectivity index (χ3v) is 6.22. The zero-order valence-electron chi connectivity index (χ0n) is 14.2. The molecule has 0 saturated carbocycles. The third-order valence-electron chi connectivity index (χ3n) is 5.73. The number of aromatic amines is 1. The normalized spacial score (nSPS) is 15.0. The topological polar surface area (TPSA) is 62.0 Å². The second-order valence-electron chi connectivity index (χ2n) is 7.11. The number of carbonyl (C=O) groups excluding carboxylic acids is 2. The lowest BCUT2D eigenvalue weighted by atomic mass is 9.80. The number of nitrogens with one attached hydrogen (secondary N) is 2. The number of hydrogen-bond donors (Lipinski definition) is 2. The molecule has 0 radical (unpaired) electrons. The third kappa shape index (κ3) is 1.87. The first-order chi connectivity index (χ1) is 13.1. The molecule has 0 saturated heterocycles. The summed E-state index contributed by atoms with van der Waals surface area (Å²) in [6.07, 6.45) is 1.62. The number of fused-ring (bicyclic) bond motifs is 10. The first-order valence-corrected chi connectivity index (χ1v) is 9.66. The predicted molar refractivity (Wildman–Crippen MR) is 108 cm³/mol. The van der Waals surface area contributed by atoms with Crippen LogP contribution in [0.2, 0.25) is 0 Å². The van der Waals surface area contributed by atoms with Crippen LogP contribution in [0.1, 0.15) is 31.8 Å². The Bertz CT molecular complexity index is 1350. The number of imide groups is 1. The van der Waals surface area contributed by atoms with E-state index in [-0.39, 0.29) is 11.8 Å². The van der Waals surface area contributed by atoms with E-state index in [1.54, 1.807) is 0 Å². The smallest absolute Gasteiger partial charge is 0.259 e. The van der Waals surface area contributed by atoms with Crippen LogP contribution in [0.4, 0.5) is 0 Å². The SMILES string of the molecule is O=C1NC(=O)c2c1c1c(c3[nH]c4ccc(Br)cc4c23)-c2ccccc2CC1. The lowest BCUT2D eigenvalue weighted by molar-refractivity contribution is 0.0880. The lowest BCUT2D eigenvalue weighted by Crippen LogP contribution is -2.20. The minimum Gasteiger partial charge on any atom is -0.354 e. The second-order valence-corrected chi connectivity index (χ2v) is 8.02. The fourth-order valence-corrected chi connectivity index (χ4v) is 5.02. The number of hydrogen-bond acceptors (Lipinski definition) is 2. The first kappa shape index (κ1) is 15.2. The van der Waals surface area contributed by atoms with Crippen LogP contribution in [0.25, 0.3) is 32.9 Å². The van der Waals surface area contributed by atoms with Crippen molar-refractivity contribution in [1.29, 1.82) is 0 Å². The summed E-state index contributed by atoms with van der Waals surface area (Å²) in [4.78, 5) is 28.9. The minimum atomic E-state index is -0.303. The van der Waals surface area contributed by atoms with Gasteiger partial charge in [-0.1, -0.05) is 40.2 Å². The minimum absolute atomic E-state index is 0.281. The number of benzene rings is 3. The van der Waals surface area contributed by atoms with Crippen LogP contribution in [-0.2, 0) is 12.8 Å². The van der Waals surface area contributed by atoms with Crippen LogP contribution >= 0.6 is 15.9 Å². The van der Waals surface area contributed by atoms with Crippen molar-refractivity contribution in [3.05, 3.63) is 69.2 Å². The summed E-state index contributed by atoms with van der Waals surface area (Å²) in [6.45, 7) is 0. The average molecular weight is 417 g/mol. The van der Waals surface area contributed by atoms with Gasteiger partial charge in [0.05, 0.1) is 16.6 Å². The van der Waals surface area contributed by atoms with Crippen LogP contribution in [-0.4, -0.2) is 16.8 Å². The Hall–Kier alpha value is -2.92. The highest BCUT2D eigenvalue weighted by Crippen LogP contribution is 2.45. The molecule has 4 nitrogen and oxygen atoms in total. The molecule has 2 aliphatic rings. The average Bonchev–Trinajstić information content (AvgIpc) is 3.18. The number of rotatable bonds is 0. The van der Waals surface area contributed by atoms with E-state index in [1.165, 1.54) is 5.56 Å². The van der Waals surface area contributed by atoms with Crippen LogP contribution < -0.4 is 5.32 Å². The lowest BCUT2D eigenvalue weighted by Gasteiger charge is -2.22. The molecule has 1 aliphatic heterocycles. The van der Waals surface area contributed by atoms with Gasteiger partial charge in [-0.25, -0.2) is 0 Å². The number of halogens is 1. The van der Waals surface area contributed by atoms with Crippen molar-refractivity contribution in [2.45, 2.75) is 12.8 Å². The molecule has 130 valence electrons. The number of amides is 2. The monoisotopic (exact) mass is 416 g/mol. The van der Waals surface area contributed by atoms with Crippen molar-refractivity contribution in [1.82, 2.24) is 10.3 Å². The molecule has 3 aromatic carbocycles.